The zero-order valence-corrected chi connectivity index (χ0v) is 11.5. The fourth-order valence-corrected chi connectivity index (χ4v) is 2.70. The topological polar surface area (TPSA) is 97.6 Å². The number of ether oxygens (including phenoxy) is 1. The standard InChI is InChI=1S/C13H18N4O3/c1-13(2)7-17(5-8(6-18)19-13)10-4-3-9(14)11-12(10)16-20-15-11/h3-4,8,18H,5-7,14H2,1-2H3. The first-order chi connectivity index (χ1) is 9.50. The van der Waals surface area contributed by atoms with Gasteiger partial charge in [0.2, 0.25) is 0 Å². The molecule has 0 radical (unpaired) electrons. The molecule has 108 valence electrons. The van der Waals surface area contributed by atoms with Crippen LogP contribution in [0.4, 0.5) is 11.4 Å². The van der Waals surface area contributed by atoms with Crippen LogP contribution in [0.15, 0.2) is 16.8 Å². The number of morpholine rings is 1. The fraction of sp³-hybridized carbons (Fsp3) is 0.538. The Hall–Kier alpha value is -1.86. The van der Waals surface area contributed by atoms with Gasteiger partial charge < -0.3 is 20.5 Å². The maximum absolute atomic E-state index is 9.39. The average molecular weight is 278 g/mol. The predicted octanol–water partition coefficient (Wildman–Crippen LogP) is 0.781. The zero-order valence-electron chi connectivity index (χ0n) is 11.5. The van der Waals surface area contributed by atoms with Crippen LogP contribution < -0.4 is 10.6 Å². The van der Waals surface area contributed by atoms with Gasteiger partial charge in [0.05, 0.1) is 29.7 Å². The van der Waals surface area contributed by atoms with Gasteiger partial charge >= 0.3 is 0 Å². The highest BCUT2D eigenvalue weighted by molar-refractivity contribution is 5.95. The van der Waals surface area contributed by atoms with Crippen LogP contribution >= 0.6 is 0 Å². The van der Waals surface area contributed by atoms with Crippen molar-refractivity contribution >= 4 is 22.4 Å². The van der Waals surface area contributed by atoms with E-state index >= 15 is 0 Å². The summed E-state index contributed by atoms with van der Waals surface area (Å²) in [5.74, 6) is 0. The lowest BCUT2D eigenvalue weighted by atomic mass is 10.0. The Labute approximate surface area is 116 Å². The minimum absolute atomic E-state index is 0.0187. The number of nitrogens with zero attached hydrogens (tertiary/aromatic N) is 3. The van der Waals surface area contributed by atoms with Crippen molar-refractivity contribution in [3.05, 3.63) is 12.1 Å². The van der Waals surface area contributed by atoms with E-state index in [-0.39, 0.29) is 18.3 Å². The highest BCUT2D eigenvalue weighted by Crippen LogP contribution is 2.32. The van der Waals surface area contributed by atoms with Crippen LogP contribution in [-0.4, -0.2) is 46.8 Å². The van der Waals surface area contributed by atoms with Crippen molar-refractivity contribution in [3.8, 4) is 0 Å². The van der Waals surface area contributed by atoms with Gasteiger partial charge in [-0.1, -0.05) is 0 Å². The van der Waals surface area contributed by atoms with Crippen LogP contribution in [0.2, 0.25) is 0 Å². The number of rotatable bonds is 2. The highest BCUT2D eigenvalue weighted by Gasteiger charge is 2.34. The van der Waals surface area contributed by atoms with Gasteiger partial charge in [-0.05, 0) is 36.3 Å². The van der Waals surface area contributed by atoms with E-state index < -0.39 is 0 Å². The third kappa shape index (κ3) is 2.19. The van der Waals surface area contributed by atoms with Crippen molar-refractivity contribution in [1.82, 2.24) is 10.3 Å². The van der Waals surface area contributed by atoms with Crippen LogP contribution in [-0.2, 0) is 4.74 Å². The van der Waals surface area contributed by atoms with Crippen molar-refractivity contribution in [2.24, 2.45) is 0 Å². The van der Waals surface area contributed by atoms with Crippen LogP contribution in [0, 0.1) is 0 Å². The van der Waals surface area contributed by atoms with E-state index in [9.17, 15) is 5.11 Å². The number of aromatic nitrogens is 2. The number of fused-ring (bicyclic) bond motifs is 1. The van der Waals surface area contributed by atoms with E-state index in [1.165, 1.54) is 0 Å². The van der Waals surface area contributed by atoms with Gasteiger partial charge in [0, 0.05) is 13.1 Å². The summed E-state index contributed by atoms with van der Waals surface area (Å²) in [6, 6.07) is 3.69. The largest absolute Gasteiger partial charge is 0.397 e. The Morgan fingerprint density at radius 1 is 1.40 bits per heavy atom. The smallest absolute Gasteiger partial charge is 0.160 e. The third-order valence-electron chi connectivity index (χ3n) is 3.45. The Morgan fingerprint density at radius 2 is 2.15 bits per heavy atom. The summed E-state index contributed by atoms with van der Waals surface area (Å²) in [5.41, 5.74) is 8.14. The fourth-order valence-electron chi connectivity index (χ4n) is 2.70. The molecule has 7 heteroatoms. The number of aliphatic hydroxyl groups excluding tert-OH is 1. The number of aliphatic hydroxyl groups is 1. The van der Waals surface area contributed by atoms with Crippen molar-refractivity contribution in [1.29, 1.82) is 0 Å². The molecule has 1 atom stereocenters. The van der Waals surface area contributed by atoms with E-state index in [1.807, 2.05) is 19.9 Å². The molecule has 0 saturated carbocycles. The first-order valence-corrected chi connectivity index (χ1v) is 6.54. The minimum atomic E-state index is -0.351. The Kier molecular flexibility index (Phi) is 3.02. The average Bonchev–Trinajstić information content (AvgIpc) is 2.87. The molecule has 3 rings (SSSR count). The predicted molar refractivity (Wildman–Crippen MR) is 74.5 cm³/mol. The van der Waals surface area contributed by atoms with Crippen LogP contribution in [0.3, 0.4) is 0 Å². The summed E-state index contributed by atoms with van der Waals surface area (Å²) in [6.45, 7) is 5.25. The second-order valence-corrected chi connectivity index (χ2v) is 5.70. The number of benzene rings is 1. The van der Waals surface area contributed by atoms with Crippen molar-refractivity contribution in [2.45, 2.75) is 25.6 Å². The van der Waals surface area contributed by atoms with Crippen molar-refractivity contribution < 1.29 is 14.5 Å². The van der Waals surface area contributed by atoms with Crippen molar-refractivity contribution in [3.63, 3.8) is 0 Å². The highest BCUT2D eigenvalue weighted by atomic mass is 16.6. The molecule has 1 aromatic carbocycles. The summed E-state index contributed by atoms with van der Waals surface area (Å²) in [5, 5.41) is 17.2. The SMILES string of the molecule is CC1(C)CN(c2ccc(N)c3nonc23)CC(CO)O1. The maximum Gasteiger partial charge on any atom is 0.160 e. The normalized spacial score (nSPS) is 22.4. The molecule has 0 aliphatic carbocycles. The summed E-state index contributed by atoms with van der Waals surface area (Å²) in [6.07, 6.45) is -0.230. The Balaban J connectivity index is 2.02. The Morgan fingerprint density at radius 3 is 2.90 bits per heavy atom. The van der Waals surface area contributed by atoms with Crippen molar-refractivity contribution in [2.75, 3.05) is 30.3 Å². The molecular weight excluding hydrogens is 260 g/mol. The van der Waals surface area contributed by atoms with Gasteiger partial charge in [0.1, 0.15) is 0 Å². The molecule has 0 bridgehead atoms. The van der Waals surface area contributed by atoms with Gasteiger partial charge in [0.15, 0.2) is 11.0 Å². The molecule has 7 nitrogen and oxygen atoms in total. The first kappa shape index (κ1) is 13.1. The molecule has 1 saturated heterocycles. The van der Waals surface area contributed by atoms with Crippen LogP contribution in [0.5, 0.6) is 0 Å². The molecule has 0 amide bonds. The van der Waals surface area contributed by atoms with Gasteiger partial charge in [-0.15, -0.1) is 0 Å². The van der Waals surface area contributed by atoms with E-state index in [2.05, 4.69) is 15.2 Å². The van der Waals surface area contributed by atoms with E-state index in [0.717, 1.165) is 5.69 Å². The second-order valence-electron chi connectivity index (χ2n) is 5.70. The number of nitrogens with two attached hydrogens (primary N) is 1. The molecule has 2 aromatic rings. The molecule has 2 heterocycles. The van der Waals surface area contributed by atoms with Gasteiger partial charge in [-0.25, -0.2) is 4.63 Å². The molecule has 20 heavy (non-hydrogen) atoms. The number of hydrogen-bond donors (Lipinski definition) is 2. The molecule has 1 aliphatic rings. The third-order valence-corrected chi connectivity index (χ3v) is 3.45. The molecule has 1 aliphatic heterocycles. The monoisotopic (exact) mass is 278 g/mol. The first-order valence-electron chi connectivity index (χ1n) is 6.54. The minimum Gasteiger partial charge on any atom is -0.397 e. The zero-order chi connectivity index (χ0) is 14.3. The van der Waals surface area contributed by atoms with Gasteiger partial charge in [-0.3, -0.25) is 0 Å². The van der Waals surface area contributed by atoms with E-state index in [1.54, 1.807) is 6.07 Å². The van der Waals surface area contributed by atoms with Crippen LogP contribution in [0.1, 0.15) is 13.8 Å². The van der Waals surface area contributed by atoms with E-state index in [0.29, 0.717) is 29.8 Å². The Bertz CT molecular complexity index is 625. The summed E-state index contributed by atoms with van der Waals surface area (Å²) < 4.78 is 10.6. The maximum atomic E-state index is 9.39. The molecule has 1 fully saturated rings. The lowest BCUT2D eigenvalue weighted by molar-refractivity contribution is -0.100. The number of anilines is 2. The van der Waals surface area contributed by atoms with Crippen LogP contribution in [0.25, 0.3) is 11.0 Å². The second kappa shape index (κ2) is 4.60. The number of hydrogen-bond acceptors (Lipinski definition) is 7. The molecular formula is C13H18N4O3. The summed E-state index contributed by atoms with van der Waals surface area (Å²) >= 11 is 0. The van der Waals surface area contributed by atoms with Gasteiger partial charge in [-0.2, -0.15) is 0 Å². The quantitative estimate of drug-likeness (QED) is 0.783. The lowest BCUT2D eigenvalue weighted by Crippen LogP contribution is -2.54. The van der Waals surface area contributed by atoms with Gasteiger partial charge in [0.25, 0.3) is 0 Å². The molecule has 0 spiro atoms. The molecule has 3 N–H and O–H groups in total. The van der Waals surface area contributed by atoms with E-state index in [4.69, 9.17) is 15.1 Å². The summed E-state index contributed by atoms with van der Waals surface area (Å²) in [4.78, 5) is 2.12. The molecule has 1 unspecified atom stereocenters. The lowest BCUT2D eigenvalue weighted by Gasteiger charge is -2.43. The molecule has 1 aromatic heterocycles. The number of nitrogen functional groups attached to an aromatic ring is 1. The summed E-state index contributed by atoms with van der Waals surface area (Å²) in [7, 11) is 0.